The average molecular weight is 276 g/mol. The van der Waals surface area contributed by atoms with E-state index in [9.17, 15) is 0 Å². The van der Waals surface area contributed by atoms with Gasteiger partial charge in [0, 0.05) is 32.1 Å². The van der Waals surface area contributed by atoms with Crippen molar-refractivity contribution in [1.29, 1.82) is 0 Å². The molecule has 6 nitrogen and oxygen atoms in total. The van der Waals surface area contributed by atoms with E-state index in [-0.39, 0.29) is 0 Å². The molecule has 2 aromatic rings. The standard InChI is InChI=1S/C14H20N4O2/c1-18-10-16-14(17-18)6-7-15-9-11-8-12(19-2)4-5-13(11)20-3/h4-5,8,10,15H,6-7,9H2,1-3H3. The molecular formula is C14H20N4O2. The molecule has 1 heterocycles. The third-order valence-corrected chi connectivity index (χ3v) is 2.98. The van der Waals surface area contributed by atoms with E-state index < -0.39 is 0 Å². The molecule has 0 fully saturated rings. The molecule has 1 aromatic heterocycles. The molecule has 1 aromatic carbocycles. The molecule has 0 saturated heterocycles. The van der Waals surface area contributed by atoms with Crippen molar-refractivity contribution in [2.45, 2.75) is 13.0 Å². The first-order valence-electron chi connectivity index (χ1n) is 6.49. The van der Waals surface area contributed by atoms with Crippen LogP contribution < -0.4 is 14.8 Å². The Morgan fingerprint density at radius 3 is 2.75 bits per heavy atom. The van der Waals surface area contributed by atoms with Gasteiger partial charge in [0.2, 0.25) is 0 Å². The molecule has 1 N–H and O–H groups in total. The second kappa shape index (κ2) is 6.91. The average Bonchev–Trinajstić information content (AvgIpc) is 2.89. The fourth-order valence-corrected chi connectivity index (χ4v) is 1.94. The van der Waals surface area contributed by atoms with E-state index in [1.165, 1.54) is 0 Å². The first kappa shape index (κ1) is 14.3. The number of hydrogen-bond acceptors (Lipinski definition) is 5. The van der Waals surface area contributed by atoms with Crippen LogP contribution in [0.5, 0.6) is 11.5 Å². The summed E-state index contributed by atoms with van der Waals surface area (Å²) in [6.45, 7) is 1.53. The van der Waals surface area contributed by atoms with Crippen LogP contribution in [0, 0.1) is 0 Å². The number of aryl methyl sites for hydroxylation is 1. The van der Waals surface area contributed by atoms with Crippen LogP contribution in [0.3, 0.4) is 0 Å². The Morgan fingerprint density at radius 2 is 2.10 bits per heavy atom. The summed E-state index contributed by atoms with van der Waals surface area (Å²) in [7, 11) is 5.19. The Morgan fingerprint density at radius 1 is 1.25 bits per heavy atom. The van der Waals surface area contributed by atoms with Gasteiger partial charge >= 0.3 is 0 Å². The van der Waals surface area contributed by atoms with Crippen LogP contribution in [0.15, 0.2) is 24.5 Å². The van der Waals surface area contributed by atoms with Gasteiger partial charge in [-0.25, -0.2) is 4.98 Å². The van der Waals surface area contributed by atoms with Gasteiger partial charge in [0.15, 0.2) is 5.82 Å². The van der Waals surface area contributed by atoms with Gasteiger partial charge in [-0.3, -0.25) is 4.68 Å². The molecule has 108 valence electrons. The highest BCUT2D eigenvalue weighted by atomic mass is 16.5. The molecule has 20 heavy (non-hydrogen) atoms. The normalized spacial score (nSPS) is 10.6. The zero-order valence-electron chi connectivity index (χ0n) is 12.1. The second-order valence-electron chi connectivity index (χ2n) is 4.44. The topological polar surface area (TPSA) is 61.2 Å². The second-order valence-corrected chi connectivity index (χ2v) is 4.44. The minimum Gasteiger partial charge on any atom is -0.497 e. The molecular weight excluding hydrogens is 256 g/mol. The molecule has 0 amide bonds. The number of rotatable bonds is 7. The van der Waals surface area contributed by atoms with Gasteiger partial charge in [-0.15, -0.1) is 0 Å². The Hall–Kier alpha value is -2.08. The number of methoxy groups -OCH3 is 2. The van der Waals surface area contributed by atoms with Crippen LogP contribution in [0.4, 0.5) is 0 Å². The summed E-state index contributed by atoms with van der Waals surface area (Å²) < 4.78 is 12.3. The van der Waals surface area contributed by atoms with E-state index in [1.54, 1.807) is 25.2 Å². The molecule has 0 spiro atoms. The Bertz CT molecular complexity index is 554. The van der Waals surface area contributed by atoms with Crippen LogP contribution >= 0.6 is 0 Å². The monoisotopic (exact) mass is 276 g/mol. The lowest BCUT2D eigenvalue weighted by molar-refractivity contribution is 0.397. The SMILES string of the molecule is COc1ccc(OC)c(CNCCc2ncn(C)n2)c1. The molecule has 0 aliphatic heterocycles. The number of hydrogen-bond donors (Lipinski definition) is 1. The van der Waals surface area contributed by atoms with Crippen molar-refractivity contribution in [2.24, 2.45) is 7.05 Å². The summed E-state index contributed by atoms with van der Waals surface area (Å²) in [6.07, 6.45) is 2.51. The quantitative estimate of drug-likeness (QED) is 0.769. The maximum Gasteiger partial charge on any atom is 0.151 e. The molecule has 0 aliphatic rings. The van der Waals surface area contributed by atoms with Gasteiger partial charge in [-0.2, -0.15) is 5.10 Å². The molecule has 0 unspecified atom stereocenters. The third kappa shape index (κ3) is 3.71. The van der Waals surface area contributed by atoms with Crippen LogP contribution in [0.2, 0.25) is 0 Å². The summed E-state index contributed by atoms with van der Waals surface area (Å²) in [5.41, 5.74) is 1.07. The minimum absolute atomic E-state index is 0.715. The molecule has 2 rings (SSSR count). The summed E-state index contributed by atoms with van der Waals surface area (Å²) in [5.74, 6) is 2.53. The van der Waals surface area contributed by atoms with E-state index >= 15 is 0 Å². The van der Waals surface area contributed by atoms with Crippen LogP contribution in [0.25, 0.3) is 0 Å². The molecule has 0 radical (unpaired) electrons. The van der Waals surface area contributed by atoms with Crippen molar-refractivity contribution in [3.8, 4) is 11.5 Å². The highest BCUT2D eigenvalue weighted by molar-refractivity contribution is 5.40. The predicted octanol–water partition coefficient (Wildman–Crippen LogP) is 1.16. The largest absolute Gasteiger partial charge is 0.497 e. The van der Waals surface area contributed by atoms with E-state index in [2.05, 4.69) is 15.4 Å². The number of aromatic nitrogens is 3. The van der Waals surface area contributed by atoms with Gasteiger partial charge in [0.1, 0.15) is 17.8 Å². The zero-order valence-corrected chi connectivity index (χ0v) is 12.1. The van der Waals surface area contributed by atoms with E-state index in [1.807, 2.05) is 25.2 Å². The van der Waals surface area contributed by atoms with Gasteiger partial charge in [0.25, 0.3) is 0 Å². The Balaban J connectivity index is 1.86. The van der Waals surface area contributed by atoms with Gasteiger partial charge < -0.3 is 14.8 Å². The number of nitrogens with zero attached hydrogens (tertiary/aromatic N) is 3. The lowest BCUT2D eigenvalue weighted by Crippen LogP contribution is -2.17. The predicted molar refractivity (Wildman–Crippen MR) is 76.0 cm³/mol. The summed E-state index contributed by atoms with van der Waals surface area (Å²) in [5, 5.41) is 7.60. The molecule has 0 aliphatic carbocycles. The fourth-order valence-electron chi connectivity index (χ4n) is 1.94. The van der Waals surface area contributed by atoms with Crippen molar-refractivity contribution in [2.75, 3.05) is 20.8 Å². The van der Waals surface area contributed by atoms with Crippen molar-refractivity contribution in [3.05, 3.63) is 35.9 Å². The third-order valence-electron chi connectivity index (χ3n) is 2.98. The van der Waals surface area contributed by atoms with E-state index in [0.29, 0.717) is 6.54 Å². The van der Waals surface area contributed by atoms with E-state index in [4.69, 9.17) is 9.47 Å². The Labute approximate surface area is 118 Å². The number of ether oxygens (including phenoxy) is 2. The Kier molecular flexibility index (Phi) is 4.95. The summed E-state index contributed by atoms with van der Waals surface area (Å²) in [6, 6.07) is 5.78. The highest BCUT2D eigenvalue weighted by Gasteiger charge is 2.05. The maximum absolute atomic E-state index is 5.34. The van der Waals surface area contributed by atoms with Gasteiger partial charge in [-0.1, -0.05) is 0 Å². The van der Waals surface area contributed by atoms with E-state index in [0.717, 1.165) is 35.9 Å². The molecule has 0 saturated carbocycles. The molecule has 6 heteroatoms. The summed E-state index contributed by atoms with van der Waals surface area (Å²) in [4.78, 5) is 4.19. The summed E-state index contributed by atoms with van der Waals surface area (Å²) >= 11 is 0. The van der Waals surface area contributed by atoms with Crippen molar-refractivity contribution < 1.29 is 9.47 Å². The van der Waals surface area contributed by atoms with Crippen molar-refractivity contribution >= 4 is 0 Å². The first-order valence-corrected chi connectivity index (χ1v) is 6.49. The zero-order chi connectivity index (χ0) is 14.4. The number of nitrogens with one attached hydrogen (secondary N) is 1. The lowest BCUT2D eigenvalue weighted by atomic mass is 10.2. The van der Waals surface area contributed by atoms with Crippen molar-refractivity contribution in [1.82, 2.24) is 20.1 Å². The van der Waals surface area contributed by atoms with Crippen molar-refractivity contribution in [3.63, 3.8) is 0 Å². The minimum atomic E-state index is 0.715. The smallest absolute Gasteiger partial charge is 0.151 e. The van der Waals surface area contributed by atoms with Gasteiger partial charge in [0.05, 0.1) is 14.2 Å². The first-order chi connectivity index (χ1) is 9.72. The molecule has 0 atom stereocenters. The highest BCUT2D eigenvalue weighted by Crippen LogP contribution is 2.23. The molecule has 0 bridgehead atoms. The van der Waals surface area contributed by atoms with Crippen LogP contribution in [0.1, 0.15) is 11.4 Å². The van der Waals surface area contributed by atoms with Crippen LogP contribution in [-0.2, 0) is 20.0 Å². The number of benzene rings is 1. The maximum atomic E-state index is 5.34. The fraction of sp³-hybridized carbons (Fsp3) is 0.429. The lowest BCUT2D eigenvalue weighted by Gasteiger charge is -2.11. The van der Waals surface area contributed by atoms with Crippen LogP contribution in [-0.4, -0.2) is 35.5 Å². The van der Waals surface area contributed by atoms with Gasteiger partial charge in [-0.05, 0) is 18.2 Å².